The molecule has 21 heavy (non-hydrogen) atoms. The number of methoxy groups -OCH3 is 1. The number of nitrogens with two attached hydrogens (primary N) is 1. The van der Waals surface area contributed by atoms with Crippen LogP contribution in [0.1, 0.15) is 28.9 Å². The summed E-state index contributed by atoms with van der Waals surface area (Å²) in [5.41, 5.74) is 6.54. The van der Waals surface area contributed by atoms with Crippen LogP contribution in [0.2, 0.25) is 0 Å². The van der Waals surface area contributed by atoms with Crippen molar-refractivity contribution in [2.24, 2.45) is 0 Å². The number of hydrogen-bond acceptors (Lipinski definition) is 3. The number of ether oxygens (including phenoxy) is 1. The summed E-state index contributed by atoms with van der Waals surface area (Å²) >= 11 is 0. The highest BCUT2D eigenvalue weighted by atomic mass is 19.1. The molecule has 0 saturated heterocycles. The zero-order valence-corrected chi connectivity index (χ0v) is 11.9. The Labute approximate surface area is 122 Å². The molecule has 0 aliphatic heterocycles. The van der Waals surface area contributed by atoms with Gasteiger partial charge in [0.2, 0.25) is 0 Å². The highest BCUT2D eigenvalue weighted by Crippen LogP contribution is 2.24. The van der Waals surface area contributed by atoms with Gasteiger partial charge in [0.05, 0.1) is 18.7 Å². The standard InChI is InChI=1S/C16H17FN2O2/c1-10(12-5-3-4-6-15(12)21-2)19-16(20)13-8-7-11(18)9-14(13)17/h3-10H,18H2,1-2H3,(H,19,20)/t10-/m1/s1. The SMILES string of the molecule is COc1ccccc1[C@@H](C)NC(=O)c1ccc(N)cc1F. The Balaban J connectivity index is 2.19. The minimum absolute atomic E-state index is 0.0362. The predicted molar refractivity (Wildman–Crippen MR) is 79.7 cm³/mol. The molecule has 0 radical (unpaired) electrons. The highest BCUT2D eigenvalue weighted by molar-refractivity contribution is 5.95. The molecule has 2 rings (SSSR count). The molecule has 0 fully saturated rings. The van der Waals surface area contributed by atoms with Crippen molar-refractivity contribution in [1.29, 1.82) is 0 Å². The number of nitrogens with one attached hydrogen (secondary N) is 1. The van der Waals surface area contributed by atoms with E-state index >= 15 is 0 Å². The molecule has 1 atom stereocenters. The summed E-state index contributed by atoms with van der Waals surface area (Å²) in [7, 11) is 1.56. The van der Waals surface area contributed by atoms with Gasteiger partial charge in [0, 0.05) is 11.3 Å². The first kappa shape index (κ1) is 14.8. The number of rotatable bonds is 4. The van der Waals surface area contributed by atoms with Crippen LogP contribution in [-0.4, -0.2) is 13.0 Å². The molecule has 3 N–H and O–H groups in total. The summed E-state index contributed by atoms with van der Waals surface area (Å²) in [6.07, 6.45) is 0. The monoisotopic (exact) mass is 288 g/mol. The van der Waals surface area contributed by atoms with Crippen LogP contribution in [0.4, 0.5) is 10.1 Å². The number of hydrogen-bond donors (Lipinski definition) is 2. The topological polar surface area (TPSA) is 64.3 Å². The number of carbonyl (C=O) groups excluding carboxylic acids is 1. The number of carbonyl (C=O) groups is 1. The fourth-order valence-electron chi connectivity index (χ4n) is 2.09. The molecule has 0 spiro atoms. The molecule has 1 amide bonds. The van der Waals surface area contributed by atoms with Crippen molar-refractivity contribution in [3.63, 3.8) is 0 Å². The zero-order valence-electron chi connectivity index (χ0n) is 11.9. The van der Waals surface area contributed by atoms with E-state index in [-0.39, 0.29) is 17.3 Å². The fourth-order valence-corrected chi connectivity index (χ4v) is 2.09. The summed E-state index contributed by atoms with van der Waals surface area (Å²) in [6, 6.07) is 11.0. The van der Waals surface area contributed by atoms with Crippen LogP contribution in [-0.2, 0) is 0 Å². The summed E-state index contributed by atoms with van der Waals surface area (Å²) in [6.45, 7) is 1.81. The predicted octanol–water partition coefficient (Wildman–Crippen LogP) is 2.91. The Kier molecular flexibility index (Phi) is 4.42. The van der Waals surface area contributed by atoms with Gasteiger partial charge in [0.15, 0.2) is 0 Å². The molecule has 0 saturated carbocycles. The number of para-hydroxylation sites is 1. The first-order chi connectivity index (χ1) is 10.0. The normalized spacial score (nSPS) is 11.8. The molecule has 0 aromatic heterocycles. The maximum Gasteiger partial charge on any atom is 0.254 e. The number of amides is 1. The molecule has 0 unspecified atom stereocenters. The third-order valence-corrected chi connectivity index (χ3v) is 3.19. The molecular formula is C16H17FN2O2. The van der Waals surface area contributed by atoms with Crippen molar-refractivity contribution in [1.82, 2.24) is 5.32 Å². The summed E-state index contributed by atoms with van der Waals surface area (Å²) in [4.78, 5) is 12.1. The van der Waals surface area contributed by atoms with Gasteiger partial charge < -0.3 is 15.8 Å². The van der Waals surface area contributed by atoms with E-state index in [0.29, 0.717) is 5.75 Å². The molecule has 0 heterocycles. The number of nitrogen functional groups attached to an aromatic ring is 1. The third-order valence-electron chi connectivity index (χ3n) is 3.19. The van der Waals surface area contributed by atoms with Gasteiger partial charge in [0.25, 0.3) is 5.91 Å². The number of benzene rings is 2. The van der Waals surface area contributed by atoms with Crippen LogP contribution in [0.3, 0.4) is 0 Å². The Morgan fingerprint density at radius 2 is 2.00 bits per heavy atom. The van der Waals surface area contributed by atoms with E-state index in [1.165, 1.54) is 12.1 Å². The average molecular weight is 288 g/mol. The summed E-state index contributed by atoms with van der Waals surface area (Å²) in [5, 5.41) is 2.75. The highest BCUT2D eigenvalue weighted by Gasteiger charge is 2.17. The Morgan fingerprint density at radius 3 is 2.67 bits per heavy atom. The second-order valence-corrected chi connectivity index (χ2v) is 4.68. The van der Waals surface area contributed by atoms with E-state index in [9.17, 15) is 9.18 Å². The van der Waals surface area contributed by atoms with Crippen LogP contribution in [0.5, 0.6) is 5.75 Å². The van der Waals surface area contributed by atoms with Gasteiger partial charge in [-0.3, -0.25) is 4.79 Å². The number of halogens is 1. The zero-order chi connectivity index (χ0) is 15.4. The molecule has 110 valence electrons. The van der Waals surface area contributed by atoms with E-state index in [1.54, 1.807) is 7.11 Å². The molecule has 0 aliphatic carbocycles. The minimum atomic E-state index is -0.639. The van der Waals surface area contributed by atoms with E-state index in [4.69, 9.17) is 10.5 Å². The molecule has 4 nitrogen and oxygen atoms in total. The van der Waals surface area contributed by atoms with Gasteiger partial charge in [-0.1, -0.05) is 18.2 Å². The van der Waals surface area contributed by atoms with Crippen molar-refractivity contribution >= 4 is 11.6 Å². The van der Waals surface area contributed by atoms with Gasteiger partial charge in [-0.05, 0) is 31.2 Å². The first-order valence-corrected chi connectivity index (χ1v) is 6.51. The van der Waals surface area contributed by atoms with Crippen molar-refractivity contribution in [2.45, 2.75) is 13.0 Å². The minimum Gasteiger partial charge on any atom is -0.496 e. The quantitative estimate of drug-likeness (QED) is 0.850. The van der Waals surface area contributed by atoms with E-state index in [2.05, 4.69) is 5.32 Å². The fraction of sp³-hybridized carbons (Fsp3) is 0.188. The summed E-state index contributed by atoms with van der Waals surface area (Å²) < 4.78 is 19.0. The van der Waals surface area contributed by atoms with Crippen LogP contribution < -0.4 is 15.8 Å². The molecule has 0 aliphatic rings. The molecule has 5 heteroatoms. The van der Waals surface area contributed by atoms with E-state index in [1.807, 2.05) is 31.2 Å². The van der Waals surface area contributed by atoms with Crippen LogP contribution in [0, 0.1) is 5.82 Å². The molecule has 2 aromatic rings. The Hall–Kier alpha value is -2.56. The smallest absolute Gasteiger partial charge is 0.254 e. The van der Waals surface area contributed by atoms with Crippen molar-refractivity contribution in [2.75, 3.05) is 12.8 Å². The first-order valence-electron chi connectivity index (χ1n) is 6.51. The van der Waals surface area contributed by atoms with Gasteiger partial charge in [-0.15, -0.1) is 0 Å². The Bertz CT molecular complexity index is 658. The largest absolute Gasteiger partial charge is 0.496 e. The van der Waals surface area contributed by atoms with Crippen LogP contribution in [0.15, 0.2) is 42.5 Å². The maximum absolute atomic E-state index is 13.7. The van der Waals surface area contributed by atoms with Crippen LogP contribution >= 0.6 is 0 Å². The Morgan fingerprint density at radius 1 is 1.29 bits per heavy atom. The van der Waals surface area contributed by atoms with Gasteiger partial charge in [-0.2, -0.15) is 0 Å². The molecule has 0 bridgehead atoms. The lowest BCUT2D eigenvalue weighted by Gasteiger charge is -2.17. The van der Waals surface area contributed by atoms with E-state index < -0.39 is 11.7 Å². The van der Waals surface area contributed by atoms with Gasteiger partial charge in [0.1, 0.15) is 11.6 Å². The lowest BCUT2D eigenvalue weighted by atomic mass is 10.1. The molecule has 2 aromatic carbocycles. The second kappa shape index (κ2) is 6.26. The van der Waals surface area contributed by atoms with Crippen molar-refractivity contribution < 1.29 is 13.9 Å². The summed E-state index contributed by atoms with van der Waals surface area (Å²) in [5.74, 6) is -0.464. The van der Waals surface area contributed by atoms with Crippen molar-refractivity contribution in [3.8, 4) is 5.75 Å². The van der Waals surface area contributed by atoms with E-state index in [0.717, 1.165) is 11.6 Å². The van der Waals surface area contributed by atoms with Gasteiger partial charge in [-0.25, -0.2) is 4.39 Å². The molecular weight excluding hydrogens is 271 g/mol. The van der Waals surface area contributed by atoms with Crippen LogP contribution in [0.25, 0.3) is 0 Å². The van der Waals surface area contributed by atoms with Gasteiger partial charge >= 0.3 is 0 Å². The van der Waals surface area contributed by atoms with Crippen molar-refractivity contribution in [3.05, 3.63) is 59.4 Å². The number of anilines is 1. The lowest BCUT2D eigenvalue weighted by Crippen LogP contribution is -2.27. The second-order valence-electron chi connectivity index (χ2n) is 4.68. The third kappa shape index (κ3) is 3.31. The average Bonchev–Trinajstić information content (AvgIpc) is 2.46. The maximum atomic E-state index is 13.7. The lowest BCUT2D eigenvalue weighted by molar-refractivity contribution is 0.0935.